The lowest BCUT2D eigenvalue weighted by Gasteiger charge is -2.11. The lowest BCUT2D eigenvalue weighted by atomic mass is 10.3. The van der Waals surface area contributed by atoms with Gasteiger partial charge in [-0.3, -0.25) is 4.72 Å². The first-order valence-electron chi connectivity index (χ1n) is 9.62. The lowest BCUT2D eigenvalue weighted by molar-refractivity contribution is 0.340. The smallest absolute Gasteiger partial charge is 0.261 e. The Bertz CT molecular complexity index is 1080. The Balaban J connectivity index is 1.69. The molecule has 0 unspecified atom stereocenters. The van der Waals surface area contributed by atoms with E-state index in [1.165, 1.54) is 12.1 Å². The Labute approximate surface area is 176 Å². The minimum atomic E-state index is -3.69. The van der Waals surface area contributed by atoms with Crippen LogP contribution >= 0.6 is 0 Å². The summed E-state index contributed by atoms with van der Waals surface area (Å²) in [5.41, 5.74) is 2.03. The standard InChI is InChI=1S/C21H25N5O3S/c1-4-22-20-14-15(3)23-21(25-20)24-16-6-8-17(9-7-16)26-30(27,28)19-12-10-18(11-13-19)29-5-2/h6-14,26H,4-5H2,1-3H3,(H2,22,23,24,25). The van der Waals surface area contributed by atoms with Crippen molar-refractivity contribution in [2.45, 2.75) is 25.7 Å². The van der Waals surface area contributed by atoms with Crippen molar-refractivity contribution in [2.24, 2.45) is 0 Å². The maximum atomic E-state index is 12.6. The van der Waals surface area contributed by atoms with Gasteiger partial charge in [0.05, 0.1) is 11.5 Å². The summed E-state index contributed by atoms with van der Waals surface area (Å²) in [4.78, 5) is 8.94. The summed E-state index contributed by atoms with van der Waals surface area (Å²) in [5, 5.41) is 6.29. The zero-order chi connectivity index (χ0) is 21.6. The molecule has 8 nitrogen and oxygen atoms in total. The fraction of sp³-hybridized carbons (Fsp3) is 0.238. The fourth-order valence-electron chi connectivity index (χ4n) is 2.74. The molecule has 0 fully saturated rings. The van der Waals surface area contributed by atoms with Crippen molar-refractivity contribution in [3.63, 3.8) is 0 Å². The van der Waals surface area contributed by atoms with E-state index in [1.54, 1.807) is 36.4 Å². The summed E-state index contributed by atoms with van der Waals surface area (Å²) in [6.07, 6.45) is 0. The minimum absolute atomic E-state index is 0.164. The maximum Gasteiger partial charge on any atom is 0.261 e. The van der Waals surface area contributed by atoms with Crippen molar-refractivity contribution in [2.75, 3.05) is 28.5 Å². The van der Waals surface area contributed by atoms with E-state index in [-0.39, 0.29) is 4.90 Å². The van der Waals surface area contributed by atoms with Crippen LogP contribution in [0.1, 0.15) is 19.5 Å². The molecule has 0 aliphatic heterocycles. The fourth-order valence-corrected chi connectivity index (χ4v) is 3.80. The molecule has 0 saturated carbocycles. The number of hydrogen-bond acceptors (Lipinski definition) is 7. The van der Waals surface area contributed by atoms with Gasteiger partial charge in [-0.2, -0.15) is 4.98 Å². The molecule has 0 radical (unpaired) electrons. The van der Waals surface area contributed by atoms with Gasteiger partial charge < -0.3 is 15.4 Å². The van der Waals surface area contributed by atoms with Gasteiger partial charge in [0.25, 0.3) is 10.0 Å². The third-order valence-corrected chi connectivity index (χ3v) is 5.45. The van der Waals surface area contributed by atoms with Crippen LogP contribution in [0.2, 0.25) is 0 Å². The van der Waals surface area contributed by atoms with Gasteiger partial charge in [-0.25, -0.2) is 13.4 Å². The van der Waals surface area contributed by atoms with E-state index >= 15 is 0 Å². The second kappa shape index (κ2) is 9.45. The van der Waals surface area contributed by atoms with E-state index in [2.05, 4.69) is 25.3 Å². The molecule has 0 amide bonds. The minimum Gasteiger partial charge on any atom is -0.494 e. The van der Waals surface area contributed by atoms with Gasteiger partial charge >= 0.3 is 0 Å². The average Bonchev–Trinajstić information content (AvgIpc) is 2.70. The molecule has 30 heavy (non-hydrogen) atoms. The van der Waals surface area contributed by atoms with E-state index in [1.807, 2.05) is 26.8 Å². The highest BCUT2D eigenvalue weighted by molar-refractivity contribution is 7.92. The van der Waals surface area contributed by atoms with Crippen LogP contribution in [-0.4, -0.2) is 31.5 Å². The predicted octanol–water partition coefficient (Wildman–Crippen LogP) is 4.16. The molecule has 0 saturated heterocycles. The van der Waals surface area contributed by atoms with Crippen molar-refractivity contribution in [3.05, 3.63) is 60.3 Å². The first kappa shape index (κ1) is 21.4. The number of benzene rings is 2. The third kappa shape index (κ3) is 5.60. The second-order valence-electron chi connectivity index (χ2n) is 6.46. The van der Waals surface area contributed by atoms with Gasteiger partial charge in [-0.05, 0) is 69.3 Å². The van der Waals surface area contributed by atoms with E-state index in [9.17, 15) is 8.42 Å². The number of ether oxygens (including phenoxy) is 1. The van der Waals surface area contributed by atoms with E-state index in [0.717, 1.165) is 23.7 Å². The highest BCUT2D eigenvalue weighted by Gasteiger charge is 2.14. The van der Waals surface area contributed by atoms with Crippen LogP contribution in [-0.2, 0) is 10.0 Å². The first-order valence-corrected chi connectivity index (χ1v) is 11.1. The second-order valence-corrected chi connectivity index (χ2v) is 8.14. The third-order valence-electron chi connectivity index (χ3n) is 4.05. The molecule has 0 spiro atoms. The Hall–Kier alpha value is -3.33. The van der Waals surface area contributed by atoms with Crippen molar-refractivity contribution < 1.29 is 13.2 Å². The quantitative estimate of drug-likeness (QED) is 0.471. The highest BCUT2D eigenvalue weighted by Crippen LogP contribution is 2.22. The van der Waals surface area contributed by atoms with Crippen LogP contribution in [0.25, 0.3) is 0 Å². The maximum absolute atomic E-state index is 12.6. The van der Waals surface area contributed by atoms with Gasteiger partial charge in [-0.15, -0.1) is 0 Å². The Morgan fingerprint density at radius 2 is 1.60 bits per heavy atom. The number of nitrogens with one attached hydrogen (secondary N) is 3. The van der Waals surface area contributed by atoms with Crippen LogP contribution < -0.4 is 20.1 Å². The number of nitrogens with zero attached hydrogens (tertiary/aromatic N) is 2. The zero-order valence-corrected chi connectivity index (χ0v) is 18.0. The summed E-state index contributed by atoms with van der Waals surface area (Å²) >= 11 is 0. The molecule has 1 aromatic heterocycles. The molecule has 158 valence electrons. The van der Waals surface area contributed by atoms with Crippen LogP contribution in [0, 0.1) is 6.92 Å². The van der Waals surface area contributed by atoms with Crippen molar-refractivity contribution in [3.8, 4) is 5.75 Å². The SMILES string of the molecule is CCNc1cc(C)nc(Nc2ccc(NS(=O)(=O)c3ccc(OCC)cc3)cc2)n1. The Morgan fingerprint density at radius 3 is 2.23 bits per heavy atom. The Kier molecular flexibility index (Phi) is 6.73. The molecular weight excluding hydrogens is 402 g/mol. The number of aryl methyl sites for hydroxylation is 1. The summed E-state index contributed by atoms with van der Waals surface area (Å²) in [6, 6.07) is 15.0. The van der Waals surface area contributed by atoms with E-state index in [0.29, 0.717) is 24.0 Å². The number of anilines is 4. The molecule has 0 aliphatic rings. The van der Waals surface area contributed by atoms with E-state index in [4.69, 9.17) is 4.74 Å². The Morgan fingerprint density at radius 1 is 0.933 bits per heavy atom. The topological polar surface area (TPSA) is 105 Å². The molecule has 0 bridgehead atoms. The number of hydrogen-bond donors (Lipinski definition) is 3. The van der Waals surface area contributed by atoms with Gasteiger partial charge in [0.1, 0.15) is 11.6 Å². The molecular formula is C21H25N5O3S. The number of aromatic nitrogens is 2. The summed E-state index contributed by atoms with van der Waals surface area (Å²) in [5.74, 6) is 1.84. The first-order chi connectivity index (χ1) is 14.4. The number of sulfonamides is 1. The van der Waals surface area contributed by atoms with Crippen molar-refractivity contribution in [1.29, 1.82) is 0 Å². The highest BCUT2D eigenvalue weighted by atomic mass is 32.2. The van der Waals surface area contributed by atoms with Crippen LogP contribution in [0.5, 0.6) is 5.75 Å². The predicted molar refractivity (Wildman–Crippen MR) is 119 cm³/mol. The van der Waals surface area contributed by atoms with Gasteiger partial charge in [-0.1, -0.05) is 0 Å². The lowest BCUT2D eigenvalue weighted by Crippen LogP contribution is -2.12. The van der Waals surface area contributed by atoms with Gasteiger partial charge in [0.15, 0.2) is 0 Å². The monoisotopic (exact) mass is 427 g/mol. The van der Waals surface area contributed by atoms with Crippen LogP contribution in [0.15, 0.2) is 59.5 Å². The molecule has 9 heteroatoms. The molecule has 0 aliphatic carbocycles. The van der Waals surface area contributed by atoms with Gasteiger partial charge in [0.2, 0.25) is 5.95 Å². The largest absolute Gasteiger partial charge is 0.494 e. The molecule has 1 heterocycles. The van der Waals surface area contributed by atoms with Crippen molar-refractivity contribution >= 4 is 33.2 Å². The summed E-state index contributed by atoms with van der Waals surface area (Å²) < 4.78 is 33.1. The zero-order valence-electron chi connectivity index (χ0n) is 17.1. The molecule has 0 atom stereocenters. The molecule has 3 N–H and O–H groups in total. The summed E-state index contributed by atoms with van der Waals surface area (Å²) in [6.45, 7) is 7.05. The number of rotatable bonds is 9. The summed E-state index contributed by atoms with van der Waals surface area (Å²) in [7, 11) is -3.69. The van der Waals surface area contributed by atoms with E-state index < -0.39 is 10.0 Å². The molecule has 3 aromatic rings. The van der Waals surface area contributed by atoms with Crippen LogP contribution in [0.3, 0.4) is 0 Å². The van der Waals surface area contributed by atoms with Gasteiger partial charge in [0, 0.05) is 29.7 Å². The normalized spacial score (nSPS) is 11.0. The molecule has 2 aromatic carbocycles. The van der Waals surface area contributed by atoms with Crippen LogP contribution in [0.4, 0.5) is 23.1 Å². The van der Waals surface area contributed by atoms with Crippen molar-refractivity contribution in [1.82, 2.24) is 9.97 Å². The average molecular weight is 428 g/mol. The molecule has 3 rings (SSSR count).